The number of rotatable bonds is 6. The smallest absolute Gasteiger partial charge is 0.0745 e. The summed E-state index contributed by atoms with van der Waals surface area (Å²) in [5.41, 5.74) is 0. The van der Waals surface area contributed by atoms with Crippen molar-refractivity contribution in [1.82, 2.24) is 0 Å². The van der Waals surface area contributed by atoms with Crippen molar-refractivity contribution in [2.45, 2.75) is 26.4 Å². The molecule has 0 aromatic rings. The van der Waals surface area contributed by atoms with Crippen molar-refractivity contribution in [1.29, 1.82) is 0 Å². The van der Waals surface area contributed by atoms with Crippen molar-refractivity contribution in [3.8, 4) is 0 Å². The molecule has 0 bridgehead atoms. The van der Waals surface area contributed by atoms with Crippen LogP contribution in [0, 0.1) is 5.92 Å². The van der Waals surface area contributed by atoms with E-state index in [9.17, 15) is 0 Å². The van der Waals surface area contributed by atoms with Gasteiger partial charge < -0.3 is 14.9 Å². The average molecular weight is 162 g/mol. The van der Waals surface area contributed by atoms with Crippen LogP contribution in [-0.2, 0) is 4.74 Å². The Hall–Kier alpha value is -0.120. The lowest BCUT2D eigenvalue weighted by Crippen LogP contribution is -2.15. The second kappa shape index (κ2) is 6.58. The molecule has 68 valence electrons. The molecular weight excluding hydrogens is 144 g/mol. The van der Waals surface area contributed by atoms with Crippen molar-refractivity contribution in [3.05, 3.63) is 0 Å². The van der Waals surface area contributed by atoms with Gasteiger partial charge in [0.05, 0.1) is 12.7 Å². The zero-order valence-electron chi connectivity index (χ0n) is 7.29. The molecule has 2 unspecified atom stereocenters. The van der Waals surface area contributed by atoms with Crippen LogP contribution in [0.15, 0.2) is 0 Å². The summed E-state index contributed by atoms with van der Waals surface area (Å²) in [6.45, 7) is 4.91. The summed E-state index contributed by atoms with van der Waals surface area (Å²) >= 11 is 0. The summed E-state index contributed by atoms with van der Waals surface area (Å²) in [6, 6.07) is 0. The third-order valence-electron chi connectivity index (χ3n) is 1.38. The number of aliphatic hydroxyl groups is 2. The summed E-state index contributed by atoms with van der Waals surface area (Å²) in [7, 11) is 0. The van der Waals surface area contributed by atoms with Crippen LogP contribution in [0.4, 0.5) is 0 Å². The molecule has 0 spiro atoms. The second-order valence-corrected chi connectivity index (χ2v) is 3.00. The highest BCUT2D eigenvalue weighted by atomic mass is 16.5. The molecule has 3 heteroatoms. The highest BCUT2D eigenvalue weighted by Crippen LogP contribution is 2.00. The Labute approximate surface area is 68.0 Å². The van der Waals surface area contributed by atoms with Gasteiger partial charge >= 0.3 is 0 Å². The Balaban J connectivity index is 3.10. The molecule has 0 aliphatic rings. The van der Waals surface area contributed by atoms with Gasteiger partial charge in [0.1, 0.15) is 0 Å². The van der Waals surface area contributed by atoms with Gasteiger partial charge in [0.15, 0.2) is 0 Å². The van der Waals surface area contributed by atoms with E-state index in [4.69, 9.17) is 14.9 Å². The maximum atomic E-state index is 8.82. The van der Waals surface area contributed by atoms with E-state index in [1.165, 1.54) is 0 Å². The van der Waals surface area contributed by atoms with Crippen LogP contribution in [0.1, 0.15) is 20.3 Å². The van der Waals surface area contributed by atoms with Gasteiger partial charge in [-0.2, -0.15) is 0 Å². The summed E-state index contributed by atoms with van der Waals surface area (Å²) in [4.78, 5) is 0. The van der Waals surface area contributed by atoms with E-state index in [2.05, 4.69) is 0 Å². The molecule has 0 fully saturated rings. The summed E-state index contributed by atoms with van der Waals surface area (Å²) in [6.07, 6.45) is 0.371. The van der Waals surface area contributed by atoms with Crippen LogP contribution in [0.5, 0.6) is 0 Å². The van der Waals surface area contributed by atoms with E-state index < -0.39 is 6.10 Å². The molecule has 0 heterocycles. The largest absolute Gasteiger partial charge is 0.396 e. The summed E-state index contributed by atoms with van der Waals surface area (Å²) < 4.78 is 5.15. The third kappa shape index (κ3) is 7.78. The van der Waals surface area contributed by atoms with Crippen molar-refractivity contribution < 1.29 is 14.9 Å². The fraction of sp³-hybridized carbons (Fsp3) is 1.00. The minimum atomic E-state index is -0.392. The van der Waals surface area contributed by atoms with Crippen LogP contribution in [-0.4, -0.2) is 36.1 Å². The van der Waals surface area contributed by atoms with E-state index >= 15 is 0 Å². The van der Waals surface area contributed by atoms with Gasteiger partial charge in [-0.1, -0.05) is 6.92 Å². The first-order valence-electron chi connectivity index (χ1n) is 4.03. The SMILES string of the molecule is CC(O)COCC(C)CCO. The molecule has 2 N–H and O–H groups in total. The Morgan fingerprint density at radius 1 is 1.27 bits per heavy atom. The molecule has 0 radical (unpaired) electrons. The molecular formula is C8H18O3. The Kier molecular flexibility index (Phi) is 6.51. The lowest BCUT2D eigenvalue weighted by atomic mass is 10.1. The van der Waals surface area contributed by atoms with Gasteiger partial charge in [0.2, 0.25) is 0 Å². The first-order chi connectivity index (χ1) is 5.16. The van der Waals surface area contributed by atoms with Crippen molar-refractivity contribution in [2.24, 2.45) is 5.92 Å². The molecule has 0 amide bonds. The van der Waals surface area contributed by atoms with Crippen LogP contribution >= 0.6 is 0 Å². The third-order valence-corrected chi connectivity index (χ3v) is 1.38. The van der Waals surface area contributed by atoms with Crippen LogP contribution < -0.4 is 0 Å². The van der Waals surface area contributed by atoms with Gasteiger partial charge in [-0.15, -0.1) is 0 Å². The summed E-state index contributed by atoms with van der Waals surface area (Å²) in [5, 5.41) is 17.4. The first-order valence-corrected chi connectivity index (χ1v) is 4.03. The molecule has 0 aromatic heterocycles. The quantitative estimate of drug-likeness (QED) is 0.594. The molecule has 0 saturated heterocycles. The van der Waals surface area contributed by atoms with E-state index in [1.54, 1.807) is 6.92 Å². The van der Waals surface area contributed by atoms with Crippen LogP contribution in [0.3, 0.4) is 0 Å². The molecule has 11 heavy (non-hydrogen) atoms. The molecule has 0 aromatic carbocycles. The molecule has 0 saturated carbocycles. The second-order valence-electron chi connectivity index (χ2n) is 3.00. The normalized spacial score (nSPS) is 16.4. The van der Waals surface area contributed by atoms with Crippen LogP contribution in [0.25, 0.3) is 0 Å². The highest BCUT2D eigenvalue weighted by Gasteiger charge is 2.01. The average Bonchev–Trinajstić information content (AvgIpc) is 1.87. The number of ether oxygens (including phenoxy) is 1. The molecule has 3 nitrogen and oxygen atoms in total. The van der Waals surface area contributed by atoms with Crippen molar-refractivity contribution in [2.75, 3.05) is 19.8 Å². The van der Waals surface area contributed by atoms with E-state index in [-0.39, 0.29) is 6.61 Å². The minimum Gasteiger partial charge on any atom is -0.396 e. The number of aliphatic hydroxyl groups excluding tert-OH is 2. The number of hydrogen-bond donors (Lipinski definition) is 2. The Morgan fingerprint density at radius 2 is 1.91 bits per heavy atom. The van der Waals surface area contributed by atoms with Gasteiger partial charge in [-0.3, -0.25) is 0 Å². The molecule has 2 atom stereocenters. The van der Waals surface area contributed by atoms with E-state index in [0.29, 0.717) is 19.1 Å². The van der Waals surface area contributed by atoms with Gasteiger partial charge in [0.25, 0.3) is 0 Å². The van der Waals surface area contributed by atoms with Gasteiger partial charge in [-0.25, -0.2) is 0 Å². The predicted molar refractivity (Wildman–Crippen MR) is 43.4 cm³/mol. The predicted octanol–water partition coefficient (Wildman–Crippen LogP) is 0.402. The Morgan fingerprint density at radius 3 is 2.36 bits per heavy atom. The standard InChI is InChI=1S/C8H18O3/c1-7(3-4-9)5-11-6-8(2)10/h7-10H,3-6H2,1-2H3. The van der Waals surface area contributed by atoms with E-state index in [0.717, 1.165) is 6.42 Å². The van der Waals surface area contributed by atoms with Crippen LogP contribution in [0.2, 0.25) is 0 Å². The maximum Gasteiger partial charge on any atom is 0.0745 e. The monoisotopic (exact) mass is 162 g/mol. The first kappa shape index (κ1) is 10.9. The summed E-state index contributed by atoms with van der Waals surface area (Å²) in [5.74, 6) is 0.374. The van der Waals surface area contributed by atoms with Crippen molar-refractivity contribution in [3.63, 3.8) is 0 Å². The van der Waals surface area contributed by atoms with Gasteiger partial charge in [-0.05, 0) is 19.3 Å². The fourth-order valence-electron chi connectivity index (χ4n) is 0.744. The minimum absolute atomic E-state index is 0.208. The lowest BCUT2D eigenvalue weighted by Gasteiger charge is -2.11. The highest BCUT2D eigenvalue weighted by molar-refractivity contribution is 4.50. The fourth-order valence-corrected chi connectivity index (χ4v) is 0.744. The topological polar surface area (TPSA) is 49.7 Å². The molecule has 0 aliphatic heterocycles. The molecule has 0 rings (SSSR count). The van der Waals surface area contributed by atoms with E-state index in [1.807, 2.05) is 6.92 Å². The lowest BCUT2D eigenvalue weighted by molar-refractivity contribution is 0.0282. The zero-order valence-corrected chi connectivity index (χ0v) is 7.29. The van der Waals surface area contributed by atoms with Crippen molar-refractivity contribution >= 4 is 0 Å². The maximum absolute atomic E-state index is 8.82. The number of hydrogen-bond acceptors (Lipinski definition) is 3. The Bertz CT molecular complexity index is 83.4. The molecule has 0 aliphatic carbocycles. The van der Waals surface area contributed by atoms with Gasteiger partial charge in [0, 0.05) is 13.2 Å². The zero-order chi connectivity index (χ0) is 8.69.